The van der Waals surface area contributed by atoms with Gasteiger partial charge in [0.05, 0.1) is 18.1 Å². The predicted octanol–water partition coefficient (Wildman–Crippen LogP) is 3.49. The van der Waals surface area contributed by atoms with Gasteiger partial charge in [-0.3, -0.25) is 9.59 Å². The number of aliphatic hydroxyl groups is 1. The Hall–Kier alpha value is -1.68. The number of amides is 1. The van der Waals surface area contributed by atoms with E-state index in [2.05, 4.69) is 19.1 Å². The smallest absolute Gasteiger partial charge is 0.229 e. The van der Waals surface area contributed by atoms with E-state index in [9.17, 15) is 14.7 Å². The number of carbonyl (C=O) groups excluding carboxylic acids is 2. The summed E-state index contributed by atoms with van der Waals surface area (Å²) < 4.78 is 0. The molecule has 5 rings (SSSR count). The fraction of sp³-hybridized carbons (Fsp3) is 0.652. The third-order valence-corrected chi connectivity index (χ3v) is 7.43. The van der Waals surface area contributed by atoms with Crippen molar-refractivity contribution in [2.24, 2.45) is 23.2 Å². The van der Waals surface area contributed by atoms with E-state index in [1.165, 1.54) is 5.56 Å². The van der Waals surface area contributed by atoms with Crippen molar-refractivity contribution in [3.05, 3.63) is 35.4 Å². The van der Waals surface area contributed by atoms with Crippen LogP contribution in [0.1, 0.15) is 56.6 Å². The van der Waals surface area contributed by atoms with Gasteiger partial charge in [0, 0.05) is 18.4 Å². The number of carbonyl (C=O) groups is 2. The highest BCUT2D eigenvalue weighted by molar-refractivity contribution is 5.91. The lowest BCUT2D eigenvalue weighted by Crippen LogP contribution is -2.59. The van der Waals surface area contributed by atoms with Crippen LogP contribution in [0.4, 0.5) is 0 Å². The van der Waals surface area contributed by atoms with Gasteiger partial charge in [-0.15, -0.1) is 0 Å². The quantitative estimate of drug-likeness (QED) is 0.835. The summed E-state index contributed by atoms with van der Waals surface area (Å²) in [4.78, 5) is 28.3. The van der Waals surface area contributed by atoms with Crippen LogP contribution in [-0.2, 0) is 16.1 Å². The summed E-state index contributed by atoms with van der Waals surface area (Å²) in [7, 11) is 0. The molecular formula is C23H31NO3. The maximum Gasteiger partial charge on any atom is 0.229 e. The Morgan fingerprint density at radius 1 is 1.22 bits per heavy atom. The average molecular weight is 370 g/mol. The minimum Gasteiger partial charge on any atom is -0.394 e. The highest BCUT2D eigenvalue weighted by atomic mass is 16.3. The van der Waals surface area contributed by atoms with Gasteiger partial charge in [0.1, 0.15) is 5.78 Å². The summed E-state index contributed by atoms with van der Waals surface area (Å²) in [6.45, 7) is 4.63. The maximum absolute atomic E-state index is 13.9. The summed E-state index contributed by atoms with van der Waals surface area (Å²) in [6.07, 6.45) is 5.09. The van der Waals surface area contributed by atoms with E-state index in [0.717, 1.165) is 44.1 Å². The molecule has 0 aliphatic heterocycles. The minimum absolute atomic E-state index is 0.0145. The van der Waals surface area contributed by atoms with Crippen LogP contribution >= 0.6 is 0 Å². The van der Waals surface area contributed by atoms with Gasteiger partial charge >= 0.3 is 0 Å². The number of nitrogens with zero attached hydrogens (tertiary/aromatic N) is 1. The van der Waals surface area contributed by atoms with Crippen molar-refractivity contribution in [2.75, 3.05) is 6.61 Å². The maximum atomic E-state index is 13.9. The first kappa shape index (κ1) is 18.7. The molecule has 27 heavy (non-hydrogen) atoms. The topological polar surface area (TPSA) is 57.6 Å². The number of hydrogen-bond acceptors (Lipinski definition) is 3. The normalized spacial score (nSPS) is 32.6. The lowest BCUT2D eigenvalue weighted by atomic mass is 9.48. The monoisotopic (exact) mass is 369 g/mol. The van der Waals surface area contributed by atoms with Gasteiger partial charge in [0.25, 0.3) is 0 Å². The molecule has 0 heterocycles. The van der Waals surface area contributed by atoms with Crippen molar-refractivity contribution in [3.63, 3.8) is 0 Å². The molecule has 1 N–H and O–H groups in total. The molecule has 4 nitrogen and oxygen atoms in total. The number of hydrogen-bond donors (Lipinski definition) is 1. The van der Waals surface area contributed by atoms with Crippen molar-refractivity contribution in [1.29, 1.82) is 0 Å². The molecule has 146 valence electrons. The molecule has 0 radical (unpaired) electrons. The van der Waals surface area contributed by atoms with Gasteiger partial charge in [-0.2, -0.15) is 0 Å². The van der Waals surface area contributed by atoms with E-state index in [1.54, 1.807) is 0 Å². The Bertz CT molecular complexity index is 721. The minimum atomic E-state index is -0.379. The number of rotatable bonds is 6. The highest BCUT2D eigenvalue weighted by Crippen LogP contribution is 2.59. The number of aliphatic hydroxyl groups excluding tert-OH is 1. The van der Waals surface area contributed by atoms with Crippen LogP contribution in [0.3, 0.4) is 0 Å². The molecule has 4 fully saturated rings. The first-order valence-corrected chi connectivity index (χ1v) is 10.5. The van der Waals surface area contributed by atoms with Crippen LogP contribution in [0.15, 0.2) is 24.3 Å². The summed E-state index contributed by atoms with van der Waals surface area (Å²) in [6, 6.07) is 8.00. The van der Waals surface area contributed by atoms with Gasteiger partial charge in [0.2, 0.25) is 5.91 Å². The van der Waals surface area contributed by atoms with E-state index in [4.69, 9.17) is 0 Å². The van der Waals surface area contributed by atoms with Crippen molar-refractivity contribution in [3.8, 4) is 0 Å². The lowest BCUT2D eigenvalue weighted by Gasteiger charge is -2.56. The van der Waals surface area contributed by atoms with Gasteiger partial charge in [0.15, 0.2) is 0 Å². The zero-order chi connectivity index (χ0) is 19.2. The van der Waals surface area contributed by atoms with Gasteiger partial charge in [-0.1, -0.05) is 31.2 Å². The average Bonchev–Trinajstić information content (AvgIpc) is 2.66. The van der Waals surface area contributed by atoms with Crippen LogP contribution in [0.2, 0.25) is 0 Å². The molecule has 1 aromatic carbocycles. The third-order valence-electron chi connectivity index (χ3n) is 7.43. The molecule has 4 bridgehead atoms. The van der Waals surface area contributed by atoms with Crippen LogP contribution < -0.4 is 0 Å². The summed E-state index contributed by atoms with van der Waals surface area (Å²) in [5.41, 5.74) is 1.93. The fourth-order valence-corrected chi connectivity index (χ4v) is 6.10. The van der Waals surface area contributed by atoms with Gasteiger partial charge < -0.3 is 10.0 Å². The second-order valence-corrected chi connectivity index (χ2v) is 9.13. The van der Waals surface area contributed by atoms with Crippen LogP contribution in [0.25, 0.3) is 0 Å². The number of aryl methyl sites for hydroxylation is 1. The first-order chi connectivity index (χ1) is 13.0. The molecule has 0 spiro atoms. The molecule has 1 amide bonds. The molecule has 4 heteroatoms. The van der Waals surface area contributed by atoms with Crippen LogP contribution in [-0.4, -0.2) is 34.3 Å². The van der Waals surface area contributed by atoms with E-state index in [0.29, 0.717) is 18.2 Å². The molecule has 1 aromatic rings. The summed E-state index contributed by atoms with van der Waals surface area (Å²) >= 11 is 0. The Morgan fingerprint density at radius 3 is 2.48 bits per heavy atom. The molecule has 0 unspecified atom stereocenters. The molecule has 4 aliphatic carbocycles. The van der Waals surface area contributed by atoms with E-state index < -0.39 is 0 Å². The van der Waals surface area contributed by atoms with Crippen LogP contribution in [0.5, 0.6) is 0 Å². The zero-order valence-electron chi connectivity index (χ0n) is 16.5. The predicted molar refractivity (Wildman–Crippen MR) is 104 cm³/mol. The van der Waals surface area contributed by atoms with Crippen molar-refractivity contribution < 1.29 is 14.7 Å². The molecule has 4 saturated carbocycles. The van der Waals surface area contributed by atoms with Crippen molar-refractivity contribution in [1.82, 2.24) is 4.90 Å². The standard InChI is InChI=1S/C23H31NO3/c1-3-20(14-25)24(13-17-7-5-4-6-15(17)2)22(27)23-10-16-8-18(11-23)21(26)19(9-16)12-23/h4-7,16,18-20,25H,3,8-14H2,1-2H3/t16?,18-,19-,20+,23?/m0/s1. The first-order valence-electron chi connectivity index (χ1n) is 10.5. The highest BCUT2D eigenvalue weighted by Gasteiger charge is 2.59. The Kier molecular flexibility index (Phi) is 4.87. The molecule has 0 aromatic heterocycles. The fourth-order valence-electron chi connectivity index (χ4n) is 6.10. The van der Waals surface area contributed by atoms with E-state index in [-0.39, 0.29) is 35.8 Å². The van der Waals surface area contributed by atoms with E-state index in [1.807, 2.05) is 24.0 Å². The van der Waals surface area contributed by atoms with Gasteiger partial charge in [-0.25, -0.2) is 0 Å². The Balaban J connectivity index is 1.65. The number of benzene rings is 1. The largest absolute Gasteiger partial charge is 0.394 e. The Labute approximate surface area is 161 Å². The molecule has 3 atom stereocenters. The second-order valence-electron chi connectivity index (χ2n) is 9.13. The van der Waals surface area contributed by atoms with Gasteiger partial charge in [-0.05, 0) is 62.5 Å². The SMILES string of the molecule is CC[C@H](CO)N(Cc1ccccc1C)C(=O)C12CC3C[C@@H](C1)C(=O)[C@@H](C3)C2. The summed E-state index contributed by atoms with van der Waals surface area (Å²) in [5, 5.41) is 9.97. The molecule has 0 saturated heterocycles. The third kappa shape index (κ3) is 3.12. The summed E-state index contributed by atoms with van der Waals surface area (Å²) in [5.74, 6) is 1.30. The van der Waals surface area contributed by atoms with E-state index >= 15 is 0 Å². The number of Topliss-reactive ketones (excluding diaryl/α,β-unsaturated/α-hetero) is 1. The van der Waals surface area contributed by atoms with Crippen LogP contribution in [0, 0.1) is 30.1 Å². The lowest BCUT2D eigenvalue weighted by molar-refractivity contribution is -0.167. The van der Waals surface area contributed by atoms with Crippen molar-refractivity contribution in [2.45, 2.75) is 65.0 Å². The second kappa shape index (κ2) is 7.05. The van der Waals surface area contributed by atoms with Crippen molar-refractivity contribution >= 4 is 11.7 Å². The zero-order valence-corrected chi connectivity index (χ0v) is 16.5. The molecule has 4 aliphatic rings. The Morgan fingerprint density at radius 2 is 1.89 bits per heavy atom. The molecular weight excluding hydrogens is 338 g/mol. The number of ketones is 1.